The molecule has 0 heteroatoms. The third-order valence-corrected chi connectivity index (χ3v) is 2.49. The fraction of sp³-hybridized carbons (Fsp3) is 0.429. The van der Waals surface area contributed by atoms with Crippen molar-refractivity contribution in [3.05, 3.63) is 41.5 Å². The van der Waals surface area contributed by atoms with Crippen LogP contribution in [0.5, 0.6) is 0 Å². The van der Waals surface area contributed by atoms with Crippen LogP contribution in [0.3, 0.4) is 0 Å². The van der Waals surface area contributed by atoms with Crippen molar-refractivity contribution in [1.29, 1.82) is 0 Å². The molecule has 0 amide bonds. The number of hydrogen-bond acceptors (Lipinski definition) is 0. The fourth-order valence-electron chi connectivity index (χ4n) is 1.54. The van der Waals surface area contributed by atoms with E-state index in [1.807, 2.05) is 0 Å². The molecule has 1 aromatic rings. The Morgan fingerprint density at radius 3 is 2.21 bits per heavy atom. The summed E-state index contributed by atoms with van der Waals surface area (Å²) in [7, 11) is 0. The van der Waals surface area contributed by atoms with E-state index in [-0.39, 0.29) is 0 Å². The number of allylic oxidation sites excluding steroid dienone is 2. The molecule has 0 bridgehead atoms. The molecule has 0 saturated heterocycles. The zero-order valence-corrected chi connectivity index (χ0v) is 9.67. The predicted molar refractivity (Wildman–Crippen MR) is 64.3 cm³/mol. The van der Waals surface area contributed by atoms with E-state index in [4.69, 9.17) is 0 Å². The van der Waals surface area contributed by atoms with Crippen molar-refractivity contribution in [3.63, 3.8) is 0 Å². The first-order valence-electron chi connectivity index (χ1n) is 5.35. The average Bonchev–Trinajstić information content (AvgIpc) is 2.17. The van der Waals surface area contributed by atoms with Crippen molar-refractivity contribution < 1.29 is 0 Å². The monoisotopic (exact) mass is 188 g/mol. The summed E-state index contributed by atoms with van der Waals surface area (Å²) in [6.07, 6.45) is 3.33. The first kappa shape index (κ1) is 11.0. The van der Waals surface area contributed by atoms with Gasteiger partial charge in [0.1, 0.15) is 0 Å². The summed E-state index contributed by atoms with van der Waals surface area (Å²) in [5.74, 6) is 0.740. The van der Waals surface area contributed by atoms with Gasteiger partial charge in [-0.25, -0.2) is 0 Å². The van der Waals surface area contributed by atoms with Crippen molar-refractivity contribution in [1.82, 2.24) is 0 Å². The molecule has 0 fully saturated rings. The summed E-state index contributed by atoms with van der Waals surface area (Å²) < 4.78 is 0. The van der Waals surface area contributed by atoms with Gasteiger partial charge in [0.05, 0.1) is 0 Å². The van der Waals surface area contributed by atoms with Gasteiger partial charge in [-0.05, 0) is 42.9 Å². The van der Waals surface area contributed by atoms with Gasteiger partial charge in [-0.3, -0.25) is 0 Å². The van der Waals surface area contributed by atoms with E-state index < -0.39 is 0 Å². The van der Waals surface area contributed by atoms with Gasteiger partial charge in [0.2, 0.25) is 0 Å². The Bertz CT molecular complexity index is 301. The highest BCUT2D eigenvalue weighted by molar-refractivity contribution is 5.63. The Hall–Kier alpha value is -1.04. The molecule has 14 heavy (non-hydrogen) atoms. The van der Waals surface area contributed by atoms with Crippen molar-refractivity contribution in [2.45, 2.75) is 34.1 Å². The minimum absolute atomic E-state index is 0.740. The number of benzene rings is 1. The minimum Gasteiger partial charge on any atom is -0.0841 e. The molecule has 0 unspecified atom stereocenters. The zero-order valence-electron chi connectivity index (χ0n) is 9.67. The quantitative estimate of drug-likeness (QED) is 0.663. The highest BCUT2D eigenvalue weighted by Crippen LogP contribution is 2.15. The van der Waals surface area contributed by atoms with Crippen molar-refractivity contribution >= 4 is 5.57 Å². The van der Waals surface area contributed by atoms with Gasteiger partial charge in [-0.15, -0.1) is 0 Å². The molecule has 0 N–H and O–H groups in total. The summed E-state index contributed by atoms with van der Waals surface area (Å²) in [4.78, 5) is 0. The Labute approximate surface area is 87.7 Å². The van der Waals surface area contributed by atoms with E-state index >= 15 is 0 Å². The van der Waals surface area contributed by atoms with Gasteiger partial charge in [-0.2, -0.15) is 0 Å². The predicted octanol–water partition coefficient (Wildman–Crippen LogP) is 4.31. The van der Waals surface area contributed by atoms with Gasteiger partial charge in [0.25, 0.3) is 0 Å². The van der Waals surface area contributed by atoms with Gasteiger partial charge >= 0.3 is 0 Å². The van der Waals surface area contributed by atoms with Crippen LogP contribution in [-0.4, -0.2) is 0 Å². The largest absolute Gasteiger partial charge is 0.0841 e. The van der Waals surface area contributed by atoms with E-state index in [9.17, 15) is 0 Å². The van der Waals surface area contributed by atoms with Gasteiger partial charge < -0.3 is 0 Å². The van der Waals surface area contributed by atoms with Gasteiger partial charge in [0.15, 0.2) is 0 Å². The standard InChI is InChI=1S/C14H20/c1-5-12(4)14-8-6-13(7-9-14)10-11(2)3/h5-9,11H,10H2,1-4H3/b12-5-. The molecule has 76 valence electrons. The van der Waals surface area contributed by atoms with Gasteiger partial charge in [-0.1, -0.05) is 44.2 Å². The second kappa shape index (κ2) is 4.99. The summed E-state index contributed by atoms with van der Waals surface area (Å²) in [5.41, 5.74) is 4.12. The summed E-state index contributed by atoms with van der Waals surface area (Å²) in [6.45, 7) is 8.74. The van der Waals surface area contributed by atoms with Crippen LogP contribution in [0.4, 0.5) is 0 Å². The molecule has 1 aromatic carbocycles. The second-order valence-corrected chi connectivity index (χ2v) is 4.27. The lowest BCUT2D eigenvalue weighted by molar-refractivity contribution is 0.647. The van der Waals surface area contributed by atoms with E-state index in [1.165, 1.54) is 23.1 Å². The Morgan fingerprint density at radius 2 is 1.79 bits per heavy atom. The maximum absolute atomic E-state index is 2.26. The molecule has 1 rings (SSSR count). The van der Waals surface area contributed by atoms with Crippen LogP contribution in [0.25, 0.3) is 5.57 Å². The average molecular weight is 188 g/mol. The zero-order chi connectivity index (χ0) is 10.6. The first-order chi connectivity index (χ1) is 6.63. The molecule has 0 radical (unpaired) electrons. The molecular formula is C14H20. The van der Waals surface area contributed by atoms with E-state index in [0.29, 0.717) is 0 Å². The molecule has 0 nitrogen and oxygen atoms in total. The third kappa shape index (κ3) is 3.02. The lowest BCUT2D eigenvalue weighted by Gasteiger charge is -2.06. The smallest absolute Gasteiger partial charge is 0.0230 e. The molecule has 0 saturated carbocycles. The van der Waals surface area contributed by atoms with Crippen LogP contribution in [0.1, 0.15) is 38.8 Å². The van der Waals surface area contributed by atoms with Crippen LogP contribution in [0, 0.1) is 5.92 Å². The molecule has 0 heterocycles. The maximum Gasteiger partial charge on any atom is -0.0230 e. The number of rotatable bonds is 3. The molecule has 0 aliphatic heterocycles. The lowest BCUT2D eigenvalue weighted by Crippen LogP contribution is -1.93. The molecular weight excluding hydrogens is 168 g/mol. The second-order valence-electron chi connectivity index (χ2n) is 4.27. The highest BCUT2D eigenvalue weighted by Gasteiger charge is 1.98. The third-order valence-electron chi connectivity index (χ3n) is 2.49. The first-order valence-corrected chi connectivity index (χ1v) is 5.35. The SMILES string of the molecule is C/C=C(/C)c1ccc(CC(C)C)cc1. The van der Waals surface area contributed by atoms with E-state index in [0.717, 1.165) is 5.92 Å². The van der Waals surface area contributed by atoms with Crippen LogP contribution < -0.4 is 0 Å². The lowest BCUT2D eigenvalue weighted by atomic mass is 10.00. The molecule has 0 aliphatic rings. The molecule has 0 aliphatic carbocycles. The van der Waals surface area contributed by atoms with Gasteiger partial charge in [0, 0.05) is 0 Å². The van der Waals surface area contributed by atoms with Crippen LogP contribution in [0.15, 0.2) is 30.3 Å². The van der Waals surface area contributed by atoms with Crippen LogP contribution in [-0.2, 0) is 6.42 Å². The fourth-order valence-corrected chi connectivity index (χ4v) is 1.54. The Morgan fingerprint density at radius 1 is 1.21 bits per heavy atom. The topological polar surface area (TPSA) is 0 Å². The van der Waals surface area contributed by atoms with Crippen molar-refractivity contribution in [2.75, 3.05) is 0 Å². The summed E-state index contributed by atoms with van der Waals surface area (Å²) in [5, 5.41) is 0. The van der Waals surface area contributed by atoms with Crippen LogP contribution >= 0.6 is 0 Å². The van der Waals surface area contributed by atoms with E-state index in [1.54, 1.807) is 0 Å². The maximum atomic E-state index is 2.26. The number of hydrogen-bond donors (Lipinski definition) is 0. The normalized spacial score (nSPS) is 12.2. The van der Waals surface area contributed by atoms with Crippen molar-refractivity contribution in [3.8, 4) is 0 Å². The summed E-state index contributed by atoms with van der Waals surface area (Å²) in [6, 6.07) is 8.91. The molecule has 0 aromatic heterocycles. The van der Waals surface area contributed by atoms with Crippen LogP contribution in [0.2, 0.25) is 0 Å². The highest BCUT2D eigenvalue weighted by atomic mass is 14.0. The molecule has 0 atom stereocenters. The van der Waals surface area contributed by atoms with E-state index in [2.05, 4.69) is 58.0 Å². The minimum atomic E-state index is 0.740. The Balaban J connectivity index is 2.78. The Kier molecular flexibility index (Phi) is 3.94. The van der Waals surface area contributed by atoms with Crippen molar-refractivity contribution in [2.24, 2.45) is 5.92 Å². The summed E-state index contributed by atoms with van der Waals surface area (Å²) >= 11 is 0. The molecule has 0 spiro atoms.